The molecule has 0 spiro atoms. The molecular formula is C120H78BN5. The molecule has 20 aromatic carbocycles. The molecule has 6 heteroatoms. The number of hydrogen-bond donors (Lipinski definition) is 0. The topological polar surface area (TPSA) is 21.3 Å². The minimum Gasteiger partial charge on any atom is -0.311 e. The first kappa shape index (κ1) is 72.3. The van der Waals surface area contributed by atoms with Crippen LogP contribution in [0, 0.1) is 0 Å². The Morgan fingerprint density at radius 3 is 0.690 bits per heavy atom. The van der Waals surface area contributed by atoms with Crippen LogP contribution >= 0.6 is 0 Å². The number of benzene rings is 20. The van der Waals surface area contributed by atoms with Crippen LogP contribution in [0.15, 0.2) is 473 Å². The molecule has 126 heavy (non-hydrogen) atoms. The Labute approximate surface area is 731 Å². The number of nitrogens with zero attached hydrogens (tertiary/aromatic N) is 5. The molecule has 23 aromatic rings. The molecule has 0 radical (unpaired) electrons. The highest BCUT2D eigenvalue weighted by Gasteiger charge is 2.46. The second-order valence-electron chi connectivity index (χ2n) is 33.5. The van der Waals surface area contributed by atoms with Crippen molar-refractivity contribution in [2.45, 2.75) is 0 Å². The van der Waals surface area contributed by atoms with Crippen LogP contribution in [0.5, 0.6) is 0 Å². The third-order valence-electron chi connectivity index (χ3n) is 26.2. The van der Waals surface area contributed by atoms with Crippen molar-refractivity contribution >= 4 is 123 Å². The zero-order chi connectivity index (χ0) is 82.9. The molecule has 0 saturated carbocycles. The standard InChI is InChI=1S/C120H78BN5/c1-10-34-79(35-11-1)88-60-89(80-36-12-2-13-37-80)65-98(64-88)123-111-56-32-29-53-103(111)106-75-108-116(77-114(106)123)125(100-68-92(83-42-18-5-19-43-83)62-93(69-100)84-44-20-6-21-45-84)118-73-96(87-58-59-113-105(72-87)102-52-28-31-55-110(102)122(113)97-50-26-9-27-51-97)74-119-120(118)121(108)109-76-107-104-54-30-33-57-112(104)124(99-66-90(81-38-14-3-15-39-81)61-91(67-99)82-40-16-4-17-41-82)115(107)78-117(109)126(119)101-70-94(85-46-22-7-23-47-85)63-95(71-101)86-48-24-8-25-49-86/h1-78H. The van der Waals surface area contributed by atoms with Crippen molar-refractivity contribution in [2.75, 3.05) is 9.80 Å². The minimum atomic E-state index is -0.361. The summed E-state index contributed by atoms with van der Waals surface area (Å²) in [5.41, 5.74) is 40.4. The first-order valence-corrected chi connectivity index (χ1v) is 43.5. The minimum absolute atomic E-state index is 0.361. The molecule has 2 aliphatic rings. The van der Waals surface area contributed by atoms with Crippen LogP contribution in [0.1, 0.15) is 0 Å². The quantitative estimate of drug-likeness (QED) is 0.101. The molecule has 0 aliphatic carbocycles. The fourth-order valence-electron chi connectivity index (χ4n) is 20.5. The molecule has 0 atom stereocenters. The molecule has 5 nitrogen and oxygen atoms in total. The van der Waals surface area contributed by atoms with Gasteiger partial charge in [0, 0.05) is 83.5 Å². The second-order valence-corrected chi connectivity index (χ2v) is 33.5. The van der Waals surface area contributed by atoms with Crippen molar-refractivity contribution in [3.8, 4) is 117 Å². The van der Waals surface area contributed by atoms with Gasteiger partial charge in [-0.15, -0.1) is 0 Å². The van der Waals surface area contributed by atoms with Gasteiger partial charge < -0.3 is 23.5 Å². The van der Waals surface area contributed by atoms with E-state index in [1.807, 2.05) is 0 Å². The van der Waals surface area contributed by atoms with Gasteiger partial charge in [-0.05, 0) is 256 Å². The maximum atomic E-state index is 2.68. The van der Waals surface area contributed by atoms with E-state index in [0.29, 0.717) is 0 Å². The van der Waals surface area contributed by atoms with Gasteiger partial charge in [0.15, 0.2) is 0 Å². The third-order valence-corrected chi connectivity index (χ3v) is 26.2. The molecule has 0 bridgehead atoms. The fourth-order valence-corrected chi connectivity index (χ4v) is 20.5. The van der Waals surface area contributed by atoms with Gasteiger partial charge in [-0.25, -0.2) is 0 Å². The van der Waals surface area contributed by atoms with Gasteiger partial charge in [-0.3, -0.25) is 0 Å². The summed E-state index contributed by atoms with van der Waals surface area (Å²) < 4.78 is 7.55. The number of fused-ring (bicyclic) bond motifs is 13. The predicted octanol–water partition coefficient (Wildman–Crippen LogP) is 30.1. The Balaban J connectivity index is 0.851. The van der Waals surface area contributed by atoms with Crippen LogP contribution in [0.3, 0.4) is 0 Å². The lowest BCUT2D eigenvalue weighted by atomic mass is 9.33. The molecule has 0 unspecified atom stereocenters. The van der Waals surface area contributed by atoms with Crippen LogP contribution in [0.4, 0.5) is 34.1 Å². The molecule has 3 aromatic heterocycles. The van der Waals surface area contributed by atoms with E-state index in [-0.39, 0.29) is 6.71 Å². The van der Waals surface area contributed by atoms with Crippen LogP contribution in [0.25, 0.3) is 183 Å². The molecule has 0 N–H and O–H groups in total. The van der Waals surface area contributed by atoms with E-state index in [2.05, 4.69) is 497 Å². The Morgan fingerprint density at radius 2 is 0.381 bits per heavy atom. The predicted molar refractivity (Wildman–Crippen MR) is 532 cm³/mol. The summed E-state index contributed by atoms with van der Waals surface area (Å²) in [6.07, 6.45) is 0. The molecule has 586 valence electrons. The van der Waals surface area contributed by atoms with E-state index in [1.54, 1.807) is 0 Å². The normalized spacial score (nSPS) is 12.2. The lowest BCUT2D eigenvalue weighted by molar-refractivity contribution is 1.18. The van der Waals surface area contributed by atoms with Crippen molar-refractivity contribution in [1.82, 2.24) is 13.7 Å². The average molecular weight is 1600 g/mol. The van der Waals surface area contributed by atoms with E-state index in [1.165, 1.54) is 48.7 Å². The van der Waals surface area contributed by atoms with Crippen molar-refractivity contribution < 1.29 is 0 Å². The average Bonchev–Trinajstić information content (AvgIpc) is 1.12. The van der Waals surface area contributed by atoms with Gasteiger partial charge in [-0.2, -0.15) is 0 Å². The van der Waals surface area contributed by atoms with Crippen molar-refractivity contribution in [1.29, 1.82) is 0 Å². The van der Waals surface area contributed by atoms with Gasteiger partial charge in [0.25, 0.3) is 6.71 Å². The SMILES string of the molecule is c1ccc(-c2cc(-c3ccccc3)cc(N3c4cc5c(cc4B4c6cc7c8ccccc8n(-c8cc(-c9ccccc9)cc(-c9ccccc9)c8)c7cc6N(c6cc(-c7ccccc7)cc(-c7ccccc7)c6)c6cc(-c7ccc8c(c7)c7ccccc7n8-c7ccccc7)cc3c64)c3ccccc3n5-c3cc(-c4ccccc4)cc(-c4ccccc4)c3)c2)cc1. The Morgan fingerprint density at radius 1 is 0.135 bits per heavy atom. The van der Waals surface area contributed by atoms with Gasteiger partial charge in [0.05, 0.1) is 33.1 Å². The van der Waals surface area contributed by atoms with Gasteiger partial charge in [0.2, 0.25) is 0 Å². The van der Waals surface area contributed by atoms with Gasteiger partial charge >= 0.3 is 0 Å². The van der Waals surface area contributed by atoms with Crippen molar-refractivity contribution in [3.63, 3.8) is 0 Å². The zero-order valence-electron chi connectivity index (χ0n) is 68.8. The maximum Gasteiger partial charge on any atom is 0.252 e. The molecule has 0 fully saturated rings. The highest BCUT2D eigenvalue weighted by atomic mass is 15.2. The molecule has 5 heterocycles. The summed E-state index contributed by atoms with van der Waals surface area (Å²) in [6.45, 7) is -0.361. The molecule has 25 rings (SSSR count). The van der Waals surface area contributed by atoms with Gasteiger partial charge in [0.1, 0.15) is 0 Å². The molecule has 2 aliphatic heterocycles. The van der Waals surface area contributed by atoms with Crippen molar-refractivity contribution in [2.24, 2.45) is 0 Å². The number of anilines is 6. The Bertz CT molecular complexity index is 7600. The highest BCUT2D eigenvalue weighted by Crippen LogP contribution is 2.53. The van der Waals surface area contributed by atoms with E-state index in [9.17, 15) is 0 Å². The lowest BCUT2D eigenvalue weighted by Crippen LogP contribution is -2.61. The third kappa shape index (κ3) is 12.1. The maximum absolute atomic E-state index is 2.68. The second kappa shape index (κ2) is 29.7. The van der Waals surface area contributed by atoms with Gasteiger partial charge in [-0.1, -0.05) is 334 Å². The van der Waals surface area contributed by atoms with Crippen LogP contribution in [-0.2, 0) is 0 Å². The van der Waals surface area contributed by atoms with E-state index < -0.39 is 0 Å². The summed E-state index contributed by atoms with van der Waals surface area (Å²) in [5, 5.41) is 7.05. The number of rotatable bonds is 14. The van der Waals surface area contributed by atoms with E-state index >= 15 is 0 Å². The number of aromatic nitrogens is 3. The Hall–Kier alpha value is -16.5. The molecule has 0 amide bonds. The summed E-state index contributed by atoms with van der Waals surface area (Å²) in [5.74, 6) is 0. The van der Waals surface area contributed by atoms with Crippen LogP contribution in [-0.4, -0.2) is 20.4 Å². The summed E-state index contributed by atoms with van der Waals surface area (Å²) >= 11 is 0. The first-order valence-electron chi connectivity index (χ1n) is 43.5. The molecule has 0 saturated heterocycles. The Kier molecular flexibility index (Phi) is 17.0. The van der Waals surface area contributed by atoms with Crippen LogP contribution < -0.4 is 26.2 Å². The highest BCUT2D eigenvalue weighted by molar-refractivity contribution is 7.00. The lowest BCUT2D eigenvalue weighted by Gasteiger charge is -2.45. The first-order chi connectivity index (χ1) is 62.5. The molecular weight excluding hydrogens is 1520 g/mol. The number of hydrogen-bond acceptors (Lipinski definition) is 2. The largest absolute Gasteiger partial charge is 0.311 e. The fraction of sp³-hybridized carbons (Fsp3) is 0. The monoisotopic (exact) mass is 1600 g/mol. The number of para-hydroxylation sites is 4. The van der Waals surface area contributed by atoms with E-state index in [4.69, 9.17) is 0 Å². The summed E-state index contributed by atoms with van der Waals surface area (Å²) in [7, 11) is 0. The zero-order valence-corrected chi connectivity index (χ0v) is 68.8. The summed E-state index contributed by atoms with van der Waals surface area (Å²) in [6, 6.07) is 177. The van der Waals surface area contributed by atoms with Crippen molar-refractivity contribution in [3.05, 3.63) is 473 Å². The summed E-state index contributed by atoms with van der Waals surface area (Å²) in [4.78, 5) is 5.36. The van der Waals surface area contributed by atoms with Crippen LogP contribution in [0.2, 0.25) is 0 Å². The smallest absolute Gasteiger partial charge is 0.252 e. The van der Waals surface area contributed by atoms with E-state index in [0.717, 1.165) is 184 Å².